The first kappa shape index (κ1) is 22.6. The summed E-state index contributed by atoms with van der Waals surface area (Å²) in [5.41, 5.74) is 2.18. The van der Waals surface area contributed by atoms with E-state index in [0.29, 0.717) is 34.9 Å². The van der Waals surface area contributed by atoms with Crippen molar-refractivity contribution in [3.63, 3.8) is 0 Å². The molecule has 6 nitrogen and oxygen atoms in total. The summed E-state index contributed by atoms with van der Waals surface area (Å²) in [5, 5.41) is 4.66. The van der Waals surface area contributed by atoms with E-state index < -0.39 is 22.8 Å². The Hall–Kier alpha value is -1.81. The maximum Gasteiger partial charge on any atom is 0.451 e. The van der Waals surface area contributed by atoms with Crippen LogP contribution in [-0.2, 0) is 17.0 Å². The number of aromatic nitrogens is 4. The molecule has 6 rings (SSSR count). The van der Waals surface area contributed by atoms with E-state index in [2.05, 4.69) is 33.8 Å². The van der Waals surface area contributed by atoms with Gasteiger partial charge in [-0.05, 0) is 82.0 Å². The molecule has 0 aromatic carbocycles. The van der Waals surface area contributed by atoms with Crippen LogP contribution in [0, 0.1) is 17.3 Å². The highest BCUT2D eigenvalue weighted by Gasteiger charge is 2.59. The third kappa shape index (κ3) is 3.81. The Bertz CT molecular complexity index is 1100. The molecule has 0 amide bonds. The van der Waals surface area contributed by atoms with Crippen molar-refractivity contribution in [1.82, 2.24) is 24.6 Å². The van der Waals surface area contributed by atoms with Crippen molar-refractivity contribution in [3.05, 3.63) is 29.8 Å². The minimum absolute atomic E-state index is 0.121. The van der Waals surface area contributed by atoms with Crippen molar-refractivity contribution in [3.8, 4) is 11.4 Å². The average molecular weight is 494 g/mol. The van der Waals surface area contributed by atoms with Crippen LogP contribution in [0.5, 0.6) is 0 Å². The van der Waals surface area contributed by atoms with Gasteiger partial charge in [0.05, 0.1) is 5.69 Å². The average Bonchev–Trinajstić information content (AvgIpc) is 3.13. The van der Waals surface area contributed by atoms with Crippen LogP contribution in [0.2, 0.25) is 0 Å². The van der Waals surface area contributed by atoms with E-state index in [1.807, 2.05) is 10.7 Å². The van der Waals surface area contributed by atoms with E-state index in [1.54, 1.807) is 0 Å². The van der Waals surface area contributed by atoms with Crippen LogP contribution < -0.4 is 0 Å². The summed E-state index contributed by atoms with van der Waals surface area (Å²) in [7, 11) is -0.581. The first-order chi connectivity index (χ1) is 16.1. The van der Waals surface area contributed by atoms with Gasteiger partial charge in [-0.3, -0.25) is 8.89 Å². The number of hydrogen-bond acceptors (Lipinski definition) is 5. The molecule has 2 atom stereocenters. The number of rotatable bonds is 4. The molecule has 2 aliphatic carbocycles. The molecule has 1 spiro atoms. The van der Waals surface area contributed by atoms with Gasteiger partial charge in [-0.15, -0.1) is 0 Å². The van der Waals surface area contributed by atoms with Gasteiger partial charge in [-0.1, -0.05) is 0 Å². The van der Waals surface area contributed by atoms with Crippen LogP contribution in [0.1, 0.15) is 63.0 Å². The number of alkyl halides is 3. The molecule has 0 N–H and O–H groups in total. The maximum absolute atomic E-state index is 13.1. The molecule has 4 fully saturated rings. The van der Waals surface area contributed by atoms with Crippen LogP contribution in [0.25, 0.3) is 11.4 Å². The Kier molecular flexibility index (Phi) is 5.23. The number of nitrogens with zero attached hydrogens (tertiary/aromatic N) is 5. The first-order valence-electron chi connectivity index (χ1n) is 12.2. The predicted octanol–water partition coefficient (Wildman–Crippen LogP) is 4.28. The monoisotopic (exact) mass is 493 g/mol. The molecule has 2 saturated carbocycles. The lowest BCUT2D eigenvalue weighted by molar-refractivity contribution is -0.144. The number of piperidine rings is 1. The molecule has 2 saturated heterocycles. The zero-order valence-electron chi connectivity index (χ0n) is 19.5. The fourth-order valence-corrected chi connectivity index (χ4v) is 8.54. The topological polar surface area (TPSA) is 63.9 Å². The van der Waals surface area contributed by atoms with Gasteiger partial charge in [-0.2, -0.15) is 18.3 Å². The van der Waals surface area contributed by atoms with Crippen molar-refractivity contribution < 1.29 is 17.4 Å². The van der Waals surface area contributed by atoms with Crippen molar-refractivity contribution in [2.45, 2.75) is 63.7 Å². The van der Waals surface area contributed by atoms with Gasteiger partial charge in [0.25, 0.3) is 0 Å². The lowest BCUT2D eigenvalue weighted by Crippen LogP contribution is -2.53. The van der Waals surface area contributed by atoms with E-state index >= 15 is 0 Å². The quantitative estimate of drug-likeness (QED) is 0.636. The minimum Gasteiger partial charge on any atom is -0.300 e. The second kappa shape index (κ2) is 7.85. The largest absolute Gasteiger partial charge is 0.451 e. The molecular weight excluding hydrogens is 463 g/mol. The van der Waals surface area contributed by atoms with Crippen molar-refractivity contribution in [2.75, 3.05) is 24.6 Å². The molecule has 0 bridgehead atoms. The molecule has 0 radical (unpaired) electrons. The predicted molar refractivity (Wildman–Crippen MR) is 122 cm³/mol. The summed E-state index contributed by atoms with van der Waals surface area (Å²) in [6.07, 6.45) is 1.29. The number of fused-ring (bicyclic) bond motifs is 1. The smallest absolute Gasteiger partial charge is 0.300 e. The van der Waals surface area contributed by atoms with Gasteiger partial charge in [0, 0.05) is 52.2 Å². The molecule has 34 heavy (non-hydrogen) atoms. The number of hydrogen-bond donors (Lipinski definition) is 0. The Balaban J connectivity index is 1.15. The maximum atomic E-state index is 13.1. The Morgan fingerprint density at radius 1 is 1.12 bits per heavy atom. The molecule has 2 unspecified atom stereocenters. The normalized spacial score (nSPS) is 31.1. The fraction of sp³-hybridized carbons (Fsp3) is 0.708. The van der Waals surface area contributed by atoms with Gasteiger partial charge < -0.3 is 4.90 Å². The van der Waals surface area contributed by atoms with E-state index in [4.69, 9.17) is 0 Å². The van der Waals surface area contributed by atoms with Crippen molar-refractivity contribution in [2.24, 2.45) is 17.3 Å². The minimum atomic E-state index is -4.58. The van der Waals surface area contributed by atoms with E-state index in [-0.39, 0.29) is 11.7 Å². The highest BCUT2D eigenvalue weighted by atomic mass is 32.2. The van der Waals surface area contributed by atoms with Gasteiger partial charge in [0.2, 0.25) is 5.82 Å². The molecule has 4 heterocycles. The summed E-state index contributed by atoms with van der Waals surface area (Å²) in [6.45, 7) is 6.35. The van der Waals surface area contributed by atoms with Crippen LogP contribution in [0.15, 0.2) is 18.3 Å². The summed E-state index contributed by atoms with van der Waals surface area (Å²) < 4.78 is 52.9. The van der Waals surface area contributed by atoms with Gasteiger partial charge in [0.15, 0.2) is 0 Å². The van der Waals surface area contributed by atoms with E-state index in [9.17, 15) is 17.4 Å². The SMILES string of the molecule is CC(C)n1nc(-c2ccnc(C(F)(F)F)n2)cc1C1C2CC(N3CCC4(CC3)CS(=O)C4)CC21. The standard InChI is InChI=1S/C24H30F3N5OS/c1-14(2)32-20(11-19(30-32)18-3-6-28-22(29-18)24(25,26)27)21-16-9-15(10-17(16)21)31-7-4-23(5-8-31)12-34(33)13-23/h3,6,11,14-17,21H,4-5,7-10,12-13H2,1-2H3. The lowest BCUT2D eigenvalue weighted by atomic mass is 9.80. The van der Waals surface area contributed by atoms with Gasteiger partial charge >= 0.3 is 6.18 Å². The first-order valence-corrected chi connectivity index (χ1v) is 13.7. The molecule has 2 aliphatic heterocycles. The third-order valence-electron chi connectivity index (χ3n) is 8.50. The van der Waals surface area contributed by atoms with Crippen LogP contribution in [0.4, 0.5) is 13.2 Å². The van der Waals surface area contributed by atoms with Gasteiger partial charge in [0.1, 0.15) is 5.69 Å². The number of halogens is 3. The molecule has 2 aromatic rings. The molecule has 10 heteroatoms. The zero-order valence-corrected chi connectivity index (χ0v) is 20.3. The summed E-state index contributed by atoms with van der Waals surface area (Å²) >= 11 is 0. The highest BCUT2D eigenvalue weighted by molar-refractivity contribution is 7.86. The van der Waals surface area contributed by atoms with E-state index in [1.165, 1.54) is 31.7 Å². The number of likely N-dealkylation sites (tertiary alicyclic amines) is 1. The second-order valence-electron chi connectivity index (χ2n) is 11.0. The highest BCUT2D eigenvalue weighted by Crippen LogP contribution is 2.64. The van der Waals surface area contributed by atoms with Crippen LogP contribution >= 0.6 is 0 Å². The molecule has 184 valence electrons. The molecule has 4 aliphatic rings. The zero-order chi connectivity index (χ0) is 23.8. The summed E-state index contributed by atoms with van der Waals surface area (Å²) in [5.74, 6) is 2.33. The van der Waals surface area contributed by atoms with Gasteiger partial charge in [-0.25, -0.2) is 9.97 Å². The van der Waals surface area contributed by atoms with Crippen molar-refractivity contribution >= 4 is 10.8 Å². The van der Waals surface area contributed by atoms with Crippen LogP contribution in [-0.4, -0.2) is 59.5 Å². The Morgan fingerprint density at radius 3 is 2.38 bits per heavy atom. The molecular formula is C24H30F3N5OS. The van der Waals surface area contributed by atoms with Crippen molar-refractivity contribution in [1.29, 1.82) is 0 Å². The summed E-state index contributed by atoms with van der Waals surface area (Å²) in [4.78, 5) is 9.78. The Labute approximate surface area is 199 Å². The molecule has 2 aromatic heterocycles. The van der Waals surface area contributed by atoms with Crippen LogP contribution in [0.3, 0.4) is 0 Å². The van der Waals surface area contributed by atoms with E-state index in [0.717, 1.165) is 36.5 Å². The lowest BCUT2D eigenvalue weighted by Gasteiger charge is -2.48. The fourth-order valence-electron chi connectivity index (χ4n) is 6.68. The summed E-state index contributed by atoms with van der Waals surface area (Å²) in [6, 6.07) is 4.19. The third-order valence-corrected chi connectivity index (χ3v) is 10.4. The Morgan fingerprint density at radius 2 is 1.79 bits per heavy atom. The second-order valence-corrected chi connectivity index (χ2v) is 12.5.